The van der Waals surface area contributed by atoms with E-state index < -0.39 is 0 Å². The van der Waals surface area contributed by atoms with E-state index in [1.165, 1.54) is 5.56 Å². The lowest BCUT2D eigenvalue weighted by molar-refractivity contribution is 0.0913. The van der Waals surface area contributed by atoms with Gasteiger partial charge < -0.3 is 24.6 Å². The number of anilines is 1. The van der Waals surface area contributed by atoms with Crippen LogP contribution in [0.5, 0.6) is 5.75 Å². The van der Waals surface area contributed by atoms with Gasteiger partial charge in [0.25, 0.3) is 0 Å². The van der Waals surface area contributed by atoms with Crippen LogP contribution in [0.3, 0.4) is 0 Å². The molecule has 30 heavy (non-hydrogen) atoms. The van der Waals surface area contributed by atoms with E-state index in [0.717, 1.165) is 63.1 Å². The van der Waals surface area contributed by atoms with Crippen molar-refractivity contribution in [3.05, 3.63) is 60.2 Å². The summed E-state index contributed by atoms with van der Waals surface area (Å²) in [6.45, 7) is 5.45. The highest BCUT2D eigenvalue weighted by Gasteiger charge is 2.30. The summed E-state index contributed by atoms with van der Waals surface area (Å²) in [5.41, 5.74) is 2.43. The zero-order chi connectivity index (χ0) is 20.8. The van der Waals surface area contributed by atoms with Gasteiger partial charge in [-0.2, -0.15) is 0 Å². The Balaban J connectivity index is 1.32. The Kier molecular flexibility index (Phi) is 6.74. The molecule has 2 heterocycles. The Morgan fingerprint density at radius 2 is 1.80 bits per heavy atom. The van der Waals surface area contributed by atoms with E-state index in [1.807, 2.05) is 19.2 Å². The molecule has 2 fully saturated rings. The summed E-state index contributed by atoms with van der Waals surface area (Å²) >= 11 is 0. The number of hydrogen-bond acceptors (Lipinski definition) is 4. The Hall–Kier alpha value is -2.73. The Morgan fingerprint density at radius 1 is 1.07 bits per heavy atom. The van der Waals surface area contributed by atoms with Gasteiger partial charge in [0.05, 0.1) is 18.9 Å². The highest BCUT2D eigenvalue weighted by Crippen LogP contribution is 2.34. The average molecular weight is 409 g/mol. The van der Waals surface area contributed by atoms with Crippen molar-refractivity contribution in [3.63, 3.8) is 0 Å². The summed E-state index contributed by atoms with van der Waals surface area (Å²) in [5.74, 6) is 2.37. The number of para-hydroxylation sites is 2. The van der Waals surface area contributed by atoms with Crippen molar-refractivity contribution < 1.29 is 9.47 Å². The van der Waals surface area contributed by atoms with E-state index >= 15 is 0 Å². The van der Waals surface area contributed by atoms with Crippen LogP contribution in [0.2, 0.25) is 0 Å². The van der Waals surface area contributed by atoms with E-state index in [1.54, 1.807) is 7.11 Å². The average Bonchev–Trinajstić information content (AvgIpc) is 3.29. The molecule has 0 aliphatic carbocycles. The minimum absolute atomic E-state index is 0.166. The zero-order valence-corrected chi connectivity index (χ0v) is 18.0. The summed E-state index contributed by atoms with van der Waals surface area (Å²) in [5, 5.41) is 3.61. The standard InChI is InChI=1S/C24H32N4O2/c1-25-24(26-18-20-12-17-30-23(20)19-8-4-3-5-9-19)28-15-13-27(14-16-28)21-10-6-7-11-22(21)29-2/h3-11,20,23H,12-18H2,1-2H3,(H,25,26). The SMILES string of the molecule is CN=C(NCC1CCOC1c1ccccc1)N1CCN(c2ccccc2OC)CC1. The Labute approximate surface area is 179 Å². The number of methoxy groups -OCH3 is 1. The summed E-state index contributed by atoms with van der Waals surface area (Å²) in [4.78, 5) is 9.28. The van der Waals surface area contributed by atoms with E-state index in [9.17, 15) is 0 Å². The molecule has 2 saturated heterocycles. The molecule has 0 aromatic heterocycles. The first-order valence-corrected chi connectivity index (χ1v) is 10.8. The molecule has 2 aromatic carbocycles. The van der Waals surface area contributed by atoms with Crippen LogP contribution in [0.1, 0.15) is 18.1 Å². The first kappa shape index (κ1) is 20.5. The number of hydrogen-bond donors (Lipinski definition) is 1. The number of piperazine rings is 1. The second kappa shape index (κ2) is 9.85. The number of nitrogens with one attached hydrogen (secondary N) is 1. The number of guanidine groups is 1. The highest BCUT2D eigenvalue weighted by atomic mass is 16.5. The third-order valence-electron chi connectivity index (χ3n) is 6.08. The van der Waals surface area contributed by atoms with Crippen LogP contribution in [0.4, 0.5) is 5.69 Å². The van der Waals surface area contributed by atoms with Gasteiger partial charge in [0.1, 0.15) is 5.75 Å². The fourth-order valence-corrected chi connectivity index (χ4v) is 4.46. The Morgan fingerprint density at radius 3 is 2.53 bits per heavy atom. The van der Waals surface area contributed by atoms with Gasteiger partial charge in [0.2, 0.25) is 0 Å². The molecular formula is C24H32N4O2. The van der Waals surface area contributed by atoms with E-state index in [-0.39, 0.29) is 6.10 Å². The Bertz CT molecular complexity index is 834. The molecule has 0 spiro atoms. The molecule has 0 saturated carbocycles. The van der Waals surface area contributed by atoms with Crippen molar-refractivity contribution in [2.45, 2.75) is 12.5 Å². The quantitative estimate of drug-likeness (QED) is 0.608. The van der Waals surface area contributed by atoms with Crippen LogP contribution in [0, 0.1) is 5.92 Å². The smallest absolute Gasteiger partial charge is 0.193 e. The van der Waals surface area contributed by atoms with Gasteiger partial charge in [-0.1, -0.05) is 42.5 Å². The van der Waals surface area contributed by atoms with Crippen molar-refractivity contribution in [2.24, 2.45) is 10.9 Å². The molecule has 6 nitrogen and oxygen atoms in total. The van der Waals surface area contributed by atoms with Gasteiger partial charge in [0, 0.05) is 52.3 Å². The second-order valence-corrected chi connectivity index (χ2v) is 7.82. The van der Waals surface area contributed by atoms with Crippen molar-refractivity contribution in [1.29, 1.82) is 0 Å². The molecule has 2 aromatic rings. The van der Waals surface area contributed by atoms with Gasteiger partial charge in [-0.15, -0.1) is 0 Å². The van der Waals surface area contributed by atoms with Crippen molar-refractivity contribution in [2.75, 3.05) is 58.4 Å². The first-order chi connectivity index (χ1) is 14.8. The molecule has 0 radical (unpaired) electrons. The molecule has 2 atom stereocenters. The molecule has 2 aliphatic rings. The van der Waals surface area contributed by atoms with Gasteiger partial charge >= 0.3 is 0 Å². The number of ether oxygens (including phenoxy) is 2. The predicted octanol–water partition coefficient (Wildman–Crippen LogP) is 3.17. The summed E-state index contributed by atoms with van der Waals surface area (Å²) in [6, 6.07) is 18.8. The highest BCUT2D eigenvalue weighted by molar-refractivity contribution is 5.80. The zero-order valence-electron chi connectivity index (χ0n) is 18.0. The number of rotatable bonds is 5. The third-order valence-corrected chi connectivity index (χ3v) is 6.08. The number of benzene rings is 2. The molecule has 0 amide bonds. The van der Waals surface area contributed by atoms with E-state index in [2.05, 4.69) is 62.6 Å². The van der Waals surface area contributed by atoms with E-state index in [0.29, 0.717) is 5.92 Å². The second-order valence-electron chi connectivity index (χ2n) is 7.82. The fourth-order valence-electron chi connectivity index (χ4n) is 4.46. The minimum atomic E-state index is 0.166. The number of nitrogens with zero attached hydrogens (tertiary/aromatic N) is 3. The summed E-state index contributed by atoms with van der Waals surface area (Å²) in [6.07, 6.45) is 1.24. The maximum Gasteiger partial charge on any atom is 0.193 e. The molecule has 4 rings (SSSR count). The van der Waals surface area contributed by atoms with Crippen LogP contribution >= 0.6 is 0 Å². The molecule has 160 valence electrons. The van der Waals surface area contributed by atoms with Crippen LogP contribution in [0.25, 0.3) is 0 Å². The number of aliphatic imine (C=N–C) groups is 1. The van der Waals surface area contributed by atoms with Gasteiger partial charge in [0.15, 0.2) is 5.96 Å². The lowest BCUT2D eigenvalue weighted by Gasteiger charge is -2.38. The van der Waals surface area contributed by atoms with Crippen LogP contribution in [-0.4, -0.2) is 64.3 Å². The predicted molar refractivity (Wildman–Crippen MR) is 121 cm³/mol. The van der Waals surface area contributed by atoms with Crippen LogP contribution < -0.4 is 15.0 Å². The normalized spacial score (nSPS) is 22.3. The lowest BCUT2D eigenvalue weighted by atomic mass is 9.95. The third kappa shape index (κ3) is 4.54. The summed E-state index contributed by atoms with van der Waals surface area (Å²) in [7, 11) is 3.60. The monoisotopic (exact) mass is 408 g/mol. The molecule has 0 bridgehead atoms. The van der Waals surface area contributed by atoms with Crippen molar-refractivity contribution >= 4 is 11.6 Å². The van der Waals surface area contributed by atoms with Crippen molar-refractivity contribution in [1.82, 2.24) is 10.2 Å². The topological polar surface area (TPSA) is 49.3 Å². The van der Waals surface area contributed by atoms with Gasteiger partial charge in [-0.05, 0) is 24.1 Å². The minimum Gasteiger partial charge on any atom is -0.495 e. The first-order valence-electron chi connectivity index (χ1n) is 10.8. The maximum absolute atomic E-state index is 6.04. The molecule has 2 unspecified atom stereocenters. The van der Waals surface area contributed by atoms with Crippen LogP contribution in [-0.2, 0) is 4.74 Å². The van der Waals surface area contributed by atoms with Gasteiger partial charge in [-0.3, -0.25) is 4.99 Å². The maximum atomic E-state index is 6.04. The summed E-state index contributed by atoms with van der Waals surface area (Å²) < 4.78 is 11.6. The largest absolute Gasteiger partial charge is 0.495 e. The molecule has 6 heteroatoms. The molecular weight excluding hydrogens is 376 g/mol. The van der Waals surface area contributed by atoms with Gasteiger partial charge in [-0.25, -0.2) is 0 Å². The fraction of sp³-hybridized carbons (Fsp3) is 0.458. The van der Waals surface area contributed by atoms with Crippen molar-refractivity contribution in [3.8, 4) is 5.75 Å². The molecule has 1 N–H and O–H groups in total. The van der Waals surface area contributed by atoms with Crippen LogP contribution in [0.15, 0.2) is 59.6 Å². The lowest BCUT2D eigenvalue weighted by Crippen LogP contribution is -2.53. The van der Waals surface area contributed by atoms with E-state index in [4.69, 9.17) is 9.47 Å². The molecule has 2 aliphatic heterocycles.